The second-order valence-corrected chi connectivity index (χ2v) is 5.92. The number of anilines is 1. The number of hydrogen-bond donors (Lipinski definition) is 1. The molecule has 0 fully saturated rings. The zero-order valence-electron chi connectivity index (χ0n) is 12.9. The van der Waals surface area contributed by atoms with Crippen LogP contribution in [0.4, 0.5) is 11.4 Å². The molecular formula is C16H13N3O5S. The number of amides is 1. The second-order valence-electron chi connectivity index (χ2n) is 4.89. The van der Waals surface area contributed by atoms with E-state index in [1.807, 2.05) is 17.5 Å². The van der Waals surface area contributed by atoms with Crippen molar-refractivity contribution in [3.05, 3.63) is 56.3 Å². The van der Waals surface area contributed by atoms with Crippen LogP contribution in [0.15, 0.2) is 35.7 Å². The lowest BCUT2D eigenvalue weighted by atomic mass is 10.1. The van der Waals surface area contributed by atoms with Crippen LogP contribution in [-0.2, 0) is 20.7 Å². The van der Waals surface area contributed by atoms with Crippen molar-refractivity contribution < 1.29 is 19.2 Å². The third-order valence-corrected chi connectivity index (χ3v) is 4.06. The molecule has 0 saturated carbocycles. The number of benzene rings is 1. The van der Waals surface area contributed by atoms with E-state index in [1.165, 1.54) is 23.5 Å². The molecule has 8 nitrogen and oxygen atoms in total. The number of nitriles is 1. The Hall–Kier alpha value is -3.25. The predicted octanol–water partition coefficient (Wildman–Crippen LogP) is 2.64. The summed E-state index contributed by atoms with van der Waals surface area (Å²) in [5, 5.41) is 24.0. The van der Waals surface area contributed by atoms with E-state index in [1.54, 1.807) is 6.07 Å². The number of thiophene rings is 1. The maximum atomic E-state index is 11.8. The van der Waals surface area contributed by atoms with Gasteiger partial charge in [-0.25, -0.2) is 0 Å². The molecule has 0 aliphatic heterocycles. The molecule has 0 bridgehead atoms. The van der Waals surface area contributed by atoms with Gasteiger partial charge in [-0.3, -0.25) is 19.7 Å². The van der Waals surface area contributed by atoms with E-state index in [0.29, 0.717) is 6.42 Å². The first-order valence-electron chi connectivity index (χ1n) is 7.16. The summed E-state index contributed by atoms with van der Waals surface area (Å²) >= 11 is 1.53. The monoisotopic (exact) mass is 359 g/mol. The Bertz CT molecular complexity index is 827. The van der Waals surface area contributed by atoms with E-state index in [-0.39, 0.29) is 23.4 Å². The highest BCUT2D eigenvalue weighted by molar-refractivity contribution is 7.09. The Morgan fingerprint density at radius 2 is 2.16 bits per heavy atom. The zero-order chi connectivity index (χ0) is 18.2. The maximum absolute atomic E-state index is 11.8. The molecule has 2 aromatic rings. The molecule has 25 heavy (non-hydrogen) atoms. The van der Waals surface area contributed by atoms with E-state index in [4.69, 9.17) is 10.00 Å². The molecular weight excluding hydrogens is 346 g/mol. The lowest BCUT2D eigenvalue weighted by Crippen LogP contribution is -2.21. The number of aryl methyl sites for hydroxylation is 1. The maximum Gasteiger partial charge on any atom is 0.306 e. The molecule has 0 saturated heterocycles. The van der Waals surface area contributed by atoms with Gasteiger partial charge in [0.2, 0.25) is 0 Å². The minimum Gasteiger partial charge on any atom is -0.456 e. The molecule has 0 aliphatic carbocycles. The molecule has 1 aromatic heterocycles. The molecule has 9 heteroatoms. The van der Waals surface area contributed by atoms with E-state index in [0.717, 1.165) is 10.9 Å². The first kappa shape index (κ1) is 18.1. The van der Waals surface area contributed by atoms with Gasteiger partial charge in [0.1, 0.15) is 6.07 Å². The van der Waals surface area contributed by atoms with Crippen LogP contribution in [0.3, 0.4) is 0 Å². The SMILES string of the molecule is N#Cc1cc([N+](=O)[O-])ccc1NC(=O)COC(=O)CCc1cccs1. The molecule has 1 heterocycles. The molecule has 1 N–H and O–H groups in total. The van der Waals surface area contributed by atoms with Crippen molar-refractivity contribution in [1.82, 2.24) is 0 Å². The van der Waals surface area contributed by atoms with Crippen LogP contribution in [-0.4, -0.2) is 23.4 Å². The van der Waals surface area contributed by atoms with Crippen molar-refractivity contribution in [2.24, 2.45) is 0 Å². The number of nitro benzene ring substituents is 1. The van der Waals surface area contributed by atoms with Crippen LogP contribution in [0.2, 0.25) is 0 Å². The van der Waals surface area contributed by atoms with Gasteiger partial charge in [-0.05, 0) is 23.9 Å². The van der Waals surface area contributed by atoms with Crippen molar-refractivity contribution in [2.75, 3.05) is 11.9 Å². The second kappa shape index (κ2) is 8.56. The molecule has 0 radical (unpaired) electrons. The highest BCUT2D eigenvalue weighted by Gasteiger charge is 2.14. The molecule has 0 aliphatic rings. The standard InChI is InChI=1S/C16H13N3O5S/c17-9-11-8-12(19(22)23)3-5-14(11)18-15(20)10-24-16(21)6-4-13-2-1-7-25-13/h1-3,5,7-8H,4,6,10H2,(H,18,20). The van der Waals surface area contributed by atoms with Crippen molar-refractivity contribution in [3.63, 3.8) is 0 Å². The van der Waals surface area contributed by atoms with E-state index >= 15 is 0 Å². The van der Waals surface area contributed by atoms with Crippen LogP contribution in [0.25, 0.3) is 0 Å². The number of nitrogens with one attached hydrogen (secondary N) is 1. The molecule has 0 spiro atoms. The minimum absolute atomic E-state index is 0.0495. The minimum atomic E-state index is -0.637. The van der Waals surface area contributed by atoms with E-state index in [9.17, 15) is 19.7 Å². The number of hydrogen-bond acceptors (Lipinski definition) is 7. The largest absolute Gasteiger partial charge is 0.456 e. The molecule has 0 unspecified atom stereocenters. The molecule has 128 valence electrons. The molecule has 0 atom stereocenters. The van der Waals surface area contributed by atoms with Crippen molar-refractivity contribution in [2.45, 2.75) is 12.8 Å². The van der Waals surface area contributed by atoms with Crippen molar-refractivity contribution in [1.29, 1.82) is 5.26 Å². The highest BCUT2D eigenvalue weighted by atomic mass is 32.1. The quantitative estimate of drug-likeness (QED) is 0.460. The first-order valence-corrected chi connectivity index (χ1v) is 8.04. The number of nitrogens with zero attached hydrogens (tertiary/aromatic N) is 2. The number of rotatable bonds is 7. The highest BCUT2D eigenvalue weighted by Crippen LogP contribution is 2.21. The summed E-state index contributed by atoms with van der Waals surface area (Å²) in [4.78, 5) is 34.5. The Kier molecular flexibility index (Phi) is 6.20. The van der Waals surface area contributed by atoms with Gasteiger partial charge in [0.15, 0.2) is 6.61 Å². The fourth-order valence-corrected chi connectivity index (χ4v) is 2.64. The molecule has 2 rings (SSSR count). The van der Waals surface area contributed by atoms with Gasteiger partial charge in [0.05, 0.1) is 22.6 Å². The van der Waals surface area contributed by atoms with Crippen LogP contribution in [0.5, 0.6) is 0 Å². The number of esters is 1. The van der Waals surface area contributed by atoms with Gasteiger partial charge in [0, 0.05) is 17.0 Å². The number of non-ortho nitro benzene ring substituents is 1. The van der Waals surface area contributed by atoms with Crippen LogP contribution in [0.1, 0.15) is 16.9 Å². The summed E-state index contributed by atoms with van der Waals surface area (Å²) in [6.45, 7) is -0.495. The summed E-state index contributed by atoms with van der Waals surface area (Å²) in [7, 11) is 0. The summed E-state index contributed by atoms with van der Waals surface area (Å²) in [5.41, 5.74) is -0.186. The van der Waals surface area contributed by atoms with Crippen LogP contribution >= 0.6 is 11.3 Å². The number of nitro groups is 1. The first-order chi connectivity index (χ1) is 12.0. The van der Waals surface area contributed by atoms with Gasteiger partial charge >= 0.3 is 5.97 Å². The number of carbonyl (C=O) groups excluding carboxylic acids is 2. The third-order valence-electron chi connectivity index (χ3n) is 3.13. The fourth-order valence-electron chi connectivity index (χ4n) is 1.93. The summed E-state index contributed by atoms with van der Waals surface area (Å²) < 4.78 is 4.87. The van der Waals surface area contributed by atoms with Gasteiger partial charge in [-0.15, -0.1) is 11.3 Å². The summed E-state index contributed by atoms with van der Waals surface area (Å²) in [6, 6.07) is 9.05. The average Bonchev–Trinajstić information content (AvgIpc) is 3.11. The van der Waals surface area contributed by atoms with Gasteiger partial charge in [-0.2, -0.15) is 5.26 Å². The Morgan fingerprint density at radius 1 is 1.36 bits per heavy atom. The van der Waals surface area contributed by atoms with Gasteiger partial charge in [0.25, 0.3) is 11.6 Å². The normalized spacial score (nSPS) is 9.88. The Balaban J connectivity index is 1.84. The number of ether oxygens (including phenoxy) is 1. The Morgan fingerprint density at radius 3 is 2.80 bits per heavy atom. The average molecular weight is 359 g/mol. The number of carbonyl (C=O) groups is 2. The van der Waals surface area contributed by atoms with E-state index in [2.05, 4.69) is 5.32 Å². The smallest absolute Gasteiger partial charge is 0.306 e. The summed E-state index contributed by atoms with van der Waals surface area (Å²) in [5.74, 6) is -1.14. The lowest BCUT2D eigenvalue weighted by molar-refractivity contribution is -0.384. The summed E-state index contributed by atoms with van der Waals surface area (Å²) in [6.07, 6.45) is 0.702. The van der Waals surface area contributed by atoms with Crippen molar-refractivity contribution in [3.8, 4) is 6.07 Å². The van der Waals surface area contributed by atoms with Crippen LogP contribution in [0, 0.1) is 21.4 Å². The van der Waals surface area contributed by atoms with Gasteiger partial charge in [-0.1, -0.05) is 6.07 Å². The van der Waals surface area contributed by atoms with Crippen molar-refractivity contribution >= 4 is 34.6 Å². The third kappa shape index (κ3) is 5.40. The van der Waals surface area contributed by atoms with Crippen LogP contribution < -0.4 is 5.32 Å². The molecule has 1 aromatic carbocycles. The predicted molar refractivity (Wildman–Crippen MR) is 90.0 cm³/mol. The van der Waals surface area contributed by atoms with E-state index < -0.39 is 23.4 Å². The zero-order valence-corrected chi connectivity index (χ0v) is 13.7. The Labute approximate surface area is 146 Å². The van der Waals surface area contributed by atoms with Gasteiger partial charge < -0.3 is 10.1 Å². The lowest BCUT2D eigenvalue weighted by Gasteiger charge is -2.07. The molecule has 1 amide bonds. The topological polar surface area (TPSA) is 122 Å². The fraction of sp³-hybridized carbons (Fsp3) is 0.188.